The van der Waals surface area contributed by atoms with Crippen molar-refractivity contribution >= 4 is 23.5 Å². The van der Waals surface area contributed by atoms with Crippen LogP contribution in [0.2, 0.25) is 5.15 Å². The highest BCUT2D eigenvalue weighted by Crippen LogP contribution is 2.40. The van der Waals surface area contributed by atoms with Crippen LogP contribution in [0.4, 0.5) is 19.4 Å². The molecular weight excluding hydrogens is 378 g/mol. The molecule has 1 aliphatic heterocycles. The summed E-state index contributed by atoms with van der Waals surface area (Å²) >= 11 is 5.74. The smallest absolute Gasteiger partial charge is 0.410 e. The number of amides is 1. The van der Waals surface area contributed by atoms with Crippen molar-refractivity contribution in [2.45, 2.75) is 58.1 Å². The van der Waals surface area contributed by atoms with Crippen molar-refractivity contribution in [2.24, 2.45) is 11.8 Å². The number of anilines is 1. The predicted octanol–water partition coefficient (Wildman–Crippen LogP) is 4.30. The highest BCUT2D eigenvalue weighted by atomic mass is 35.5. The molecule has 2 heterocycles. The van der Waals surface area contributed by atoms with E-state index < -0.39 is 11.5 Å². The molecule has 0 bridgehead atoms. The molecule has 27 heavy (non-hydrogen) atoms. The van der Waals surface area contributed by atoms with Gasteiger partial charge in [0.25, 0.3) is 5.92 Å². The van der Waals surface area contributed by atoms with Gasteiger partial charge in [-0.2, -0.15) is 0 Å². The van der Waals surface area contributed by atoms with Gasteiger partial charge in [-0.05, 0) is 51.5 Å². The molecule has 2 aliphatic rings. The van der Waals surface area contributed by atoms with Crippen LogP contribution in [0.25, 0.3) is 0 Å². The fourth-order valence-corrected chi connectivity index (χ4v) is 4.12. The Bertz CT molecular complexity index is 706. The van der Waals surface area contributed by atoms with Crippen LogP contribution in [0, 0.1) is 11.8 Å². The standard InChI is InChI=1S/C18H25ClF2N4O2/c1-17(2,3)27-16(26)25-8-10-5-12(6-11(10)9-25)22-14-7-13(18(4,20)21)15(19)24-23-14/h7,10-12H,5-6,8-9H2,1-4H3,(H,22,23)/t10-,11+,12?. The molecule has 3 atom stereocenters. The second-order valence-corrected chi connectivity index (χ2v) is 8.90. The maximum absolute atomic E-state index is 13.6. The lowest BCUT2D eigenvalue weighted by atomic mass is 10.0. The van der Waals surface area contributed by atoms with Crippen molar-refractivity contribution < 1.29 is 18.3 Å². The van der Waals surface area contributed by atoms with Gasteiger partial charge >= 0.3 is 6.09 Å². The fraction of sp³-hybridized carbons (Fsp3) is 0.722. The Morgan fingerprint density at radius 3 is 2.33 bits per heavy atom. The number of fused-ring (bicyclic) bond motifs is 1. The van der Waals surface area contributed by atoms with Crippen molar-refractivity contribution in [1.29, 1.82) is 0 Å². The first-order chi connectivity index (χ1) is 12.4. The number of carbonyl (C=O) groups is 1. The molecule has 1 unspecified atom stereocenters. The SMILES string of the molecule is CC(C)(C)OC(=O)N1C[C@H]2CC(Nc3cc(C(C)(F)F)c(Cl)nn3)C[C@H]2C1. The van der Waals surface area contributed by atoms with Gasteiger partial charge in [0.1, 0.15) is 11.4 Å². The quantitative estimate of drug-likeness (QED) is 0.816. The molecule has 1 saturated heterocycles. The number of alkyl halides is 2. The highest BCUT2D eigenvalue weighted by Gasteiger charge is 2.43. The van der Waals surface area contributed by atoms with E-state index in [0.29, 0.717) is 30.7 Å². The van der Waals surface area contributed by atoms with Crippen molar-refractivity contribution in [3.05, 3.63) is 16.8 Å². The summed E-state index contributed by atoms with van der Waals surface area (Å²) in [6, 6.07) is 1.37. The first kappa shape index (κ1) is 20.0. The molecule has 1 saturated carbocycles. The highest BCUT2D eigenvalue weighted by molar-refractivity contribution is 6.30. The normalized spacial score (nSPS) is 25.4. The summed E-state index contributed by atoms with van der Waals surface area (Å²) in [5, 5.41) is 10.4. The molecule has 150 valence electrons. The number of ether oxygens (including phenoxy) is 1. The minimum Gasteiger partial charge on any atom is -0.444 e. The van der Waals surface area contributed by atoms with Crippen LogP contribution in [0.5, 0.6) is 0 Å². The van der Waals surface area contributed by atoms with Crippen molar-refractivity contribution in [2.75, 3.05) is 18.4 Å². The third-order valence-corrected chi connectivity index (χ3v) is 5.26. The van der Waals surface area contributed by atoms with E-state index in [9.17, 15) is 13.6 Å². The van der Waals surface area contributed by atoms with Crippen LogP contribution >= 0.6 is 11.6 Å². The van der Waals surface area contributed by atoms with Gasteiger partial charge in [-0.1, -0.05) is 11.6 Å². The lowest BCUT2D eigenvalue weighted by molar-refractivity contribution is 0.0171. The molecule has 0 spiro atoms. The molecule has 6 nitrogen and oxygen atoms in total. The van der Waals surface area contributed by atoms with Gasteiger partial charge in [-0.3, -0.25) is 0 Å². The molecule has 1 aliphatic carbocycles. The molecule has 1 N–H and O–H groups in total. The summed E-state index contributed by atoms with van der Waals surface area (Å²) in [6.45, 7) is 7.64. The van der Waals surface area contributed by atoms with Crippen LogP contribution in [0.1, 0.15) is 46.1 Å². The number of rotatable bonds is 3. The largest absolute Gasteiger partial charge is 0.444 e. The number of halogens is 3. The number of likely N-dealkylation sites (tertiary alicyclic amines) is 1. The second-order valence-electron chi connectivity index (χ2n) is 8.54. The fourth-order valence-electron chi connectivity index (χ4n) is 3.86. The van der Waals surface area contributed by atoms with Crippen molar-refractivity contribution in [3.63, 3.8) is 0 Å². The molecule has 3 rings (SSSR count). The third-order valence-electron chi connectivity index (χ3n) is 4.98. The van der Waals surface area contributed by atoms with Crippen LogP contribution in [0.15, 0.2) is 6.07 Å². The summed E-state index contributed by atoms with van der Waals surface area (Å²) in [5.74, 6) is -2.06. The van der Waals surface area contributed by atoms with Crippen molar-refractivity contribution in [3.8, 4) is 0 Å². The minimum absolute atomic E-state index is 0.106. The predicted molar refractivity (Wildman–Crippen MR) is 98.0 cm³/mol. The van der Waals surface area contributed by atoms with Gasteiger partial charge in [-0.15, -0.1) is 10.2 Å². The van der Waals surface area contributed by atoms with Gasteiger partial charge in [-0.25, -0.2) is 13.6 Å². The monoisotopic (exact) mass is 402 g/mol. The molecule has 0 aromatic carbocycles. The molecule has 0 radical (unpaired) electrons. The van der Waals surface area contributed by atoms with Gasteiger partial charge in [0.05, 0.1) is 5.56 Å². The zero-order valence-corrected chi connectivity index (χ0v) is 16.7. The van der Waals surface area contributed by atoms with Gasteiger partial charge < -0.3 is 15.0 Å². The van der Waals surface area contributed by atoms with Crippen LogP contribution in [0.3, 0.4) is 0 Å². The summed E-state index contributed by atoms with van der Waals surface area (Å²) < 4.78 is 32.6. The van der Waals surface area contributed by atoms with Gasteiger partial charge in [0.15, 0.2) is 5.15 Å². The van der Waals surface area contributed by atoms with Crippen LogP contribution in [-0.2, 0) is 10.7 Å². The van der Waals surface area contributed by atoms with E-state index in [2.05, 4.69) is 15.5 Å². The van der Waals surface area contributed by atoms with Crippen LogP contribution in [-0.4, -0.2) is 45.9 Å². The summed E-state index contributed by atoms with van der Waals surface area (Å²) in [4.78, 5) is 14.0. The number of hydrogen-bond donors (Lipinski definition) is 1. The van der Waals surface area contributed by atoms with Gasteiger partial charge in [0, 0.05) is 26.1 Å². The minimum atomic E-state index is -3.08. The summed E-state index contributed by atoms with van der Waals surface area (Å²) in [7, 11) is 0. The first-order valence-electron chi connectivity index (χ1n) is 9.08. The Balaban J connectivity index is 1.58. The number of nitrogens with zero attached hydrogens (tertiary/aromatic N) is 3. The van der Waals surface area contributed by atoms with E-state index in [4.69, 9.17) is 16.3 Å². The number of nitrogens with one attached hydrogen (secondary N) is 1. The van der Waals surface area contributed by atoms with Crippen molar-refractivity contribution in [1.82, 2.24) is 15.1 Å². The van der Waals surface area contributed by atoms with Crippen LogP contribution < -0.4 is 5.32 Å². The Morgan fingerprint density at radius 1 is 1.22 bits per heavy atom. The molecular formula is C18H25ClF2N4O2. The zero-order chi connectivity index (χ0) is 20.0. The number of carbonyl (C=O) groups excluding carboxylic acids is 1. The lowest BCUT2D eigenvalue weighted by Crippen LogP contribution is -2.36. The maximum Gasteiger partial charge on any atom is 0.410 e. The van der Waals surface area contributed by atoms with E-state index in [0.717, 1.165) is 19.8 Å². The lowest BCUT2D eigenvalue weighted by Gasteiger charge is -2.25. The Morgan fingerprint density at radius 2 is 1.81 bits per heavy atom. The Kier molecular flexibility index (Phi) is 5.22. The van der Waals surface area contributed by atoms with E-state index in [1.54, 1.807) is 4.90 Å². The van der Waals surface area contributed by atoms with E-state index in [-0.39, 0.29) is 22.9 Å². The third kappa shape index (κ3) is 4.78. The number of hydrogen-bond acceptors (Lipinski definition) is 5. The zero-order valence-electron chi connectivity index (χ0n) is 15.9. The number of aromatic nitrogens is 2. The topological polar surface area (TPSA) is 67.3 Å². The summed E-state index contributed by atoms with van der Waals surface area (Å²) in [6.07, 6.45) is 1.40. The molecule has 1 amide bonds. The molecule has 9 heteroatoms. The Hall–Kier alpha value is -1.70. The second kappa shape index (κ2) is 7.04. The van der Waals surface area contributed by atoms with E-state index in [1.807, 2.05) is 20.8 Å². The van der Waals surface area contributed by atoms with Gasteiger partial charge in [0.2, 0.25) is 0 Å². The van der Waals surface area contributed by atoms with E-state index in [1.165, 1.54) is 6.07 Å². The Labute approximate surface area is 162 Å². The molecule has 2 fully saturated rings. The maximum atomic E-state index is 13.6. The summed E-state index contributed by atoms with van der Waals surface area (Å²) in [5.41, 5.74) is -0.846. The average molecular weight is 403 g/mol. The molecule has 1 aromatic rings. The molecule has 1 aromatic heterocycles. The first-order valence-corrected chi connectivity index (χ1v) is 9.46. The average Bonchev–Trinajstić information content (AvgIpc) is 3.04. The van der Waals surface area contributed by atoms with E-state index >= 15 is 0 Å².